The molecule has 1 aliphatic rings. The minimum absolute atomic E-state index is 0.0830. The number of H-pyrrole nitrogens is 1. The number of aromatic nitrogens is 2. The summed E-state index contributed by atoms with van der Waals surface area (Å²) in [5, 5.41) is 3.77. The summed E-state index contributed by atoms with van der Waals surface area (Å²) in [7, 11) is 0. The van der Waals surface area contributed by atoms with Gasteiger partial charge in [-0.3, -0.25) is 14.5 Å². The zero-order chi connectivity index (χ0) is 20.8. The van der Waals surface area contributed by atoms with Crippen molar-refractivity contribution in [3.8, 4) is 0 Å². The molecule has 156 valence electrons. The second-order valence-corrected chi connectivity index (χ2v) is 7.99. The fraction of sp³-hybridized carbons (Fsp3) is 0.375. The van der Waals surface area contributed by atoms with Crippen molar-refractivity contribution in [2.24, 2.45) is 0 Å². The molecule has 2 aromatic carbocycles. The molecular formula is C24H28N4O2. The highest BCUT2D eigenvalue weighted by Gasteiger charge is 2.20. The Hall–Kier alpha value is -2.99. The molecule has 0 saturated carbocycles. The zero-order valence-electron chi connectivity index (χ0n) is 17.1. The van der Waals surface area contributed by atoms with Crippen LogP contribution in [0.25, 0.3) is 10.9 Å². The Morgan fingerprint density at radius 2 is 1.80 bits per heavy atom. The molecule has 30 heavy (non-hydrogen) atoms. The maximum atomic E-state index is 12.3. The van der Waals surface area contributed by atoms with Crippen molar-refractivity contribution in [3.05, 3.63) is 76.3 Å². The molecule has 1 fully saturated rings. The van der Waals surface area contributed by atoms with Crippen LogP contribution >= 0.6 is 0 Å². The van der Waals surface area contributed by atoms with Crippen molar-refractivity contribution in [2.75, 3.05) is 13.1 Å². The molecule has 1 aromatic heterocycles. The molecular weight excluding hydrogens is 376 g/mol. The summed E-state index contributed by atoms with van der Waals surface area (Å²) in [6.07, 6.45) is 3.67. The SMILES string of the molecule is O=C(CCCc1nc2ccccc2c(=O)[nH]1)NC1CCN(Cc2ccccc2)CC1. The van der Waals surface area contributed by atoms with Crippen LogP contribution in [0.2, 0.25) is 0 Å². The molecule has 3 aromatic rings. The van der Waals surface area contributed by atoms with Crippen molar-refractivity contribution in [1.29, 1.82) is 0 Å². The molecule has 0 radical (unpaired) electrons. The minimum atomic E-state index is -0.123. The number of likely N-dealkylation sites (tertiary alicyclic amines) is 1. The summed E-state index contributed by atoms with van der Waals surface area (Å²) in [6, 6.07) is 18.1. The highest BCUT2D eigenvalue weighted by Crippen LogP contribution is 2.14. The molecule has 0 atom stereocenters. The third kappa shape index (κ3) is 5.33. The van der Waals surface area contributed by atoms with Crippen LogP contribution in [0.1, 0.15) is 37.1 Å². The average molecular weight is 405 g/mol. The van der Waals surface area contributed by atoms with Gasteiger partial charge < -0.3 is 10.3 Å². The molecule has 1 aliphatic heterocycles. The molecule has 0 unspecified atom stereocenters. The number of piperidine rings is 1. The lowest BCUT2D eigenvalue weighted by atomic mass is 10.0. The number of aryl methyl sites for hydroxylation is 1. The van der Waals surface area contributed by atoms with E-state index >= 15 is 0 Å². The van der Waals surface area contributed by atoms with Gasteiger partial charge >= 0.3 is 0 Å². The van der Waals surface area contributed by atoms with E-state index in [0.29, 0.717) is 36.0 Å². The molecule has 1 saturated heterocycles. The summed E-state index contributed by atoms with van der Waals surface area (Å²) in [5.41, 5.74) is 1.91. The summed E-state index contributed by atoms with van der Waals surface area (Å²) >= 11 is 0. The molecule has 1 amide bonds. The van der Waals surface area contributed by atoms with E-state index < -0.39 is 0 Å². The van der Waals surface area contributed by atoms with Crippen molar-refractivity contribution in [1.82, 2.24) is 20.2 Å². The second-order valence-electron chi connectivity index (χ2n) is 7.99. The molecule has 0 aliphatic carbocycles. The van der Waals surface area contributed by atoms with Gasteiger partial charge in [0.2, 0.25) is 5.91 Å². The number of hydrogen-bond donors (Lipinski definition) is 2. The number of amides is 1. The molecule has 4 rings (SSSR count). The van der Waals surface area contributed by atoms with E-state index in [9.17, 15) is 9.59 Å². The first-order valence-electron chi connectivity index (χ1n) is 10.7. The first-order valence-corrected chi connectivity index (χ1v) is 10.7. The Balaban J connectivity index is 1.19. The summed E-state index contributed by atoms with van der Waals surface area (Å²) in [6.45, 7) is 2.97. The van der Waals surface area contributed by atoms with E-state index in [2.05, 4.69) is 44.5 Å². The van der Waals surface area contributed by atoms with Crippen molar-refractivity contribution >= 4 is 16.8 Å². The monoisotopic (exact) mass is 404 g/mol. The van der Waals surface area contributed by atoms with Crippen LogP contribution in [0.4, 0.5) is 0 Å². The smallest absolute Gasteiger partial charge is 0.258 e. The summed E-state index contributed by atoms with van der Waals surface area (Å²) in [5.74, 6) is 0.723. The van der Waals surface area contributed by atoms with Gasteiger partial charge in [-0.25, -0.2) is 4.98 Å². The second kappa shape index (κ2) is 9.67. The maximum Gasteiger partial charge on any atom is 0.258 e. The lowest BCUT2D eigenvalue weighted by Gasteiger charge is -2.32. The summed E-state index contributed by atoms with van der Waals surface area (Å²) in [4.78, 5) is 34.2. The summed E-state index contributed by atoms with van der Waals surface area (Å²) < 4.78 is 0. The third-order valence-electron chi connectivity index (χ3n) is 5.68. The van der Waals surface area contributed by atoms with Gasteiger partial charge in [-0.2, -0.15) is 0 Å². The number of hydrogen-bond acceptors (Lipinski definition) is 4. The number of nitrogens with one attached hydrogen (secondary N) is 2. The van der Waals surface area contributed by atoms with Crippen molar-refractivity contribution in [2.45, 2.75) is 44.7 Å². The van der Waals surface area contributed by atoms with Crippen LogP contribution in [0.3, 0.4) is 0 Å². The standard InChI is InChI=1S/C24H28N4O2/c29-23(12-6-11-22-26-21-10-5-4-9-20(21)24(30)27-22)25-19-13-15-28(16-14-19)17-18-7-2-1-3-8-18/h1-5,7-10,19H,6,11-17H2,(H,25,29)(H,26,27,30). The fourth-order valence-corrected chi connectivity index (χ4v) is 4.05. The largest absolute Gasteiger partial charge is 0.353 e. The quantitative estimate of drug-likeness (QED) is 0.635. The van der Waals surface area contributed by atoms with Gasteiger partial charge in [-0.05, 0) is 37.0 Å². The van der Waals surface area contributed by atoms with Crippen molar-refractivity contribution in [3.63, 3.8) is 0 Å². The Labute approximate surface area is 176 Å². The van der Waals surface area contributed by atoms with E-state index in [0.717, 1.165) is 32.5 Å². The van der Waals surface area contributed by atoms with Gasteiger partial charge in [0.25, 0.3) is 5.56 Å². The van der Waals surface area contributed by atoms with Gasteiger partial charge in [0.1, 0.15) is 5.82 Å². The van der Waals surface area contributed by atoms with Crippen LogP contribution < -0.4 is 10.9 Å². The number of carbonyl (C=O) groups is 1. The fourth-order valence-electron chi connectivity index (χ4n) is 4.05. The van der Waals surface area contributed by atoms with Crippen LogP contribution in [0.5, 0.6) is 0 Å². The van der Waals surface area contributed by atoms with Gasteiger partial charge in [-0.1, -0.05) is 42.5 Å². The number of aromatic amines is 1. The minimum Gasteiger partial charge on any atom is -0.353 e. The lowest BCUT2D eigenvalue weighted by Crippen LogP contribution is -2.44. The van der Waals surface area contributed by atoms with Gasteiger partial charge in [0, 0.05) is 38.5 Å². The number of nitrogens with zero attached hydrogens (tertiary/aromatic N) is 2. The Morgan fingerprint density at radius 3 is 2.60 bits per heavy atom. The number of carbonyl (C=O) groups excluding carboxylic acids is 1. The number of para-hydroxylation sites is 1. The zero-order valence-corrected chi connectivity index (χ0v) is 17.1. The Bertz CT molecular complexity index is 1040. The number of benzene rings is 2. The van der Waals surface area contributed by atoms with Crippen molar-refractivity contribution < 1.29 is 4.79 Å². The van der Waals surface area contributed by atoms with Crippen LogP contribution in [-0.2, 0) is 17.8 Å². The van der Waals surface area contributed by atoms with E-state index in [1.165, 1.54) is 5.56 Å². The van der Waals surface area contributed by atoms with Crippen LogP contribution in [0.15, 0.2) is 59.4 Å². The molecule has 0 bridgehead atoms. The molecule has 2 heterocycles. The third-order valence-corrected chi connectivity index (χ3v) is 5.68. The number of rotatable bonds is 7. The highest BCUT2D eigenvalue weighted by molar-refractivity contribution is 5.77. The molecule has 6 heteroatoms. The Kier molecular flexibility index (Phi) is 6.54. The van der Waals surface area contributed by atoms with Gasteiger partial charge in [-0.15, -0.1) is 0 Å². The van der Waals surface area contributed by atoms with E-state index in [1.54, 1.807) is 6.07 Å². The lowest BCUT2D eigenvalue weighted by molar-refractivity contribution is -0.122. The van der Waals surface area contributed by atoms with Crippen LogP contribution in [-0.4, -0.2) is 39.9 Å². The number of fused-ring (bicyclic) bond motifs is 1. The van der Waals surface area contributed by atoms with Gasteiger partial charge in [0.05, 0.1) is 10.9 Å². The van der Waals surface area contributed by atoms with E-state index in [1.807, 2.05) is 24.3 Å². The van der Waals surface area contributed by atoms with Gasteiger partial charge in [0.15, 0.2) is 0 Å². The first-order chi connectivity index (χ1) is 14.7. The van der Waals surface area contributed by atoms with Crippen LogP contribution in [0, 0.1) is 0 Å². The Morgan fingerprint density at radius 1 is 1.07 bits per heavy atom. The predicted octanol–water partition coefficient (Wildman–Crippen LogP) is 3.03. The first kappa shape index (κ1) is 20.3. The van der Waals surface area contributed by atoms with E-state index in [-0.39, 0.29) is 17.5 Å². The molecule has 0 spiro atoms. The average Bonchev–Trinajstić information content (AvgIpc) is 2.76. The van der Waals surface area contributed by atoms with E-state index in [4.69, 9.17) is 0 Å². The molecule has 6 nitrogen and oxygen atoms in total. The normalized spacial score (nSPS) is 15.3. The topological polar surface area (TPSA) is 78.1 Å². The highest BCUT2D eigenvalue weighted by atomic mass is 16.1. The predicted molar refractivity (Wildman–Crippen MR) is 118 cm³/mol. The molecule has 2 N–H and O–H groups in total. The maximum absolute atomic E-state index is 12.3.